The predicted octanol–water partition coefficient (Wildman–Crippen LogP) is 5.82. The Kier molecular flexibility index (Phi) is 5.67. The molecule has 0 saturated heterocycles. The van der Waals surface area contributed by atoms with Crippen LogP contribution in [0.4, 0.5) is 5.69 Å². The lowest BCUT2D eigenvalue weighted by molar-refractivity contribution is -0.148. The monoisotopic (exact) mass is 439 g/mol. The molecule has 1 aliphatic heterocycles. The van der Waals surface area contributed by atoms with Crippen molar-refractivity contribution in [3.05, 3.63) is 113 Å². The molecule has 0 spiro atoms. The molecular formula is C29H29NO3. The summed E-state index contributed by atoms with van der Waals surface area (Å²) in [4.78, 5) is 13.4. The number of carbonyl (C=O) groups excluding carboxylic acids is 1. The van der Waals surface area contributed by atoms with Gasteiger partial charge >= 0.3 is 5.97 Å². The summed E-state index contributed by atoms with van der Waals surface area (Å²) in [6.07, 6.45) is 2.95. The van der Waals surface area contributed by atoms with Crippen molar-refractivity contribution in [3.8, 4) is 0 Å². The summed E-state index contributed by atoms with van der Waals surface area (Å²) < 4.78 is 6.14. The van der Waals surface area contributed by atoms with Gasteiger partial charge in [0, 0.05) is 31.5 Å². The van der Waals surface area contributed by atoms with E-state index in [1.165, 1.54) is 0 Å². The highest BCUT2D eigenvalue weighted by Crippen LogP contribution is 2.51. The smallest absolute Gasteiger partial charge is 0.339 e. The van der Waals surface area contributed by atoms with E-state index in [1.54, 1.807) is 0 Å². The highest BCUT2D eigenvalue weighted by Gasteiger charge is 2.52. The number of hydrogen-bond acceptors (Lipinski definition) is 4. The molecule has 33 heavy (non-hydrogen) atoms. The summed E-state index contributed by atoms with van der Waals surface area (Å²) >= 11 is 0. The van der Waals surface area contributed by atoms with E-state index in [9.17, 15) is 9.90 Å². The first kappa shape index (κ1) is 21.3. The van der Waals surface area contributed by atoms with Gasteiger partial charge in [0.15, 0.2) is 5.60 Å². The third-order valence-corrected chi connectivity index (χ3v) is 6.80. The molecule has 1 heterocycles. The van der Waals surface area contributed by atoms with E-state index in [2.05, 4.69) is 11.4 Å². The van der Waals surface area contributed by atoms with Gasteiger partial charge in [-0.2, -0.15) is 0 Å². The molecule has 0 radical (unpaired) electrons. The predicted molar refractivity (Wildman–Crippen MR) is 130 cm³/mol. The number of ether oxygens (including phenoxy) is 1. The maximum atomic E-state index is 13.4. The molecule has 168 valence electrons. The van der Waals surface area contributed by atoms with Gasteiger partial charge in [0.05, 0.1) is 5.57 Å². The van der Waals surface area contributed by atoms with Crippen LogP contribution in [0, 0.1) is 5.92 Å². The Hall–Kier alpha value is -3.53. The maximum absolute atomic E-state index is 13.4. The third kappa shape index (κ3) is 4.25. The largest absolute Gasteiger partial charge is 0.507 e. The van der Waals surface area contributed by atoms with Gasteiger partial charge in [-0.15, -0.1) is 0 Å². The Morgan fingerprint density at radius 1 is 0.939 bits per heavy atom. The fraction of sp³-hybridized carbons (Fsp3) is 0.276. The zero-order valence-electron chi connectivity index (χ0n) is 18.8. The van der Waals surface area contributed by atoms with Crippen LogP contribution in [0.5, 0.6) is 0 Å². The van der Waals surface area contributed by atoms with Crippen LogP contribution < -0.4 is 5.32 Å². The summed E-state index contributed by atoms with van der Waals surface area (Å²) in [5, 5.41) is 14.9. The quantitative estimate of drug-likeness (QED) is 0.435. The molecule has 4 nitrogen and oxygen atoms in total. The molecule has 0 aromatic heterocycles. The Labute approximate surface area is 194 Å². The van der Waals surface area contributed by atoms with Gasteiger partial charge in [-0.3, -0.25) is 0 Å². The SMILES string of the molecule is CNc1cccc(C(C2=C(O)C(Cc3ccccc3)(Cc3ccccc3)OC2=O)C2CC2)c1. The Morgan fingerprint density at radius 3 is 2.09 bits per heavy atom. The van der Waals surface area contributed by atoms with E-state index < -0.39 is 11.6 Å². The second-order valence-corrected chi connectivity index (χ2v) is 9.16. The zero-order chi connectivity index (χ0) is 22.8. The van der Waals surface area contributed by atoms with Gasteiger partial charge in [0.1, 0.15) is 5.76 Å². The van der Waals surface area contributed by atoms with Crippen LogP contribution in [0.3, 0.4) is 0 Å². The number of carbonyl (C=O) groups is 1. The number of benzene rings is 3. The molecule has 1 fully saturated rings. The number of nitrogens with one attached hydrogen (secondary N) is 1. The molecule has 1 saturated carbocycles. The summed E-state index contributed by atoms with van der Waals surface area (Å²) in [5.41, 5.74) is 3.39. The molecule has 3 aromatic rings. The standard InChI is InChI=1S/C29H29NO3/c1-30-24-14-8-13-23(17-24)25(22-15-16-22)26-27(31)29(33-28(26)32,18-20-9-4-2-5-10-20)19-21-11-6-3-7-12-21/h2-14,17,22,25,30-31H,15-16,18-19H2,1H3. The van der Waals surface area contributed by atoms with E-state index in [0.29, 0.717) is 24.3 Å². The molecule has 0 bridgehead atoms. The Balaban J connectivity index is 1.60. The van der Waals surface area contributed by atoms with Gasteiger partial charge in [-0.05, 0) is 47.6 Å². The van der Waals surface area contributed by atoms with Crippen molar-refractivity contribution < 1.29 is 14.6 Å². The van der Waals surface area contributed by atoms with E-state index in [1.807, 2.05) is 85.9 Å². The van der Waals surface area contributed by atoms with Gasteiger partial charge in [0.25, 0.3) is 0 Å². The minimum atomic E-state index is -1.11. The maximum Gasteiger partial charge on any atom is 0.339 e. The van der Waals surface area contributed by atoms with Gasteiger partial charge in [0.2, 0.25) is 0 Å². The molecule has 4 heteroatoms. The van der Waals surface area contributed by atoms with Crippen LogP contribution in [-0.2, 0) is 22.4 Å². The highest BCUT2D eigenvalue weighted by molar-refractivity contribution is 5.94. The number of anilines is 1. The number of aliphatic hydroxyl groups is 1. The van der Waals surface area contributed by atoms with Crippen molar-refractivity contribution >= 4 is 11.7 Å². The highest BCUT2D eigenvalue weighted by atomic mass is 16.6. The lowest BCUT2D eigenvalue weighted by atomic mass is 9.81. The Bertz CT molecular complexity index is 1120. The van der Waals surface area contributed by atoms with E-state index in [0.717, 1.165) is 35.2 Å². The van der Waals surface area contributed by atoms with Crippen LogP contribution >= 0.6 is 0 Å². The van der Waals surface area contributed by atoms with Crippen molar-refractivity contribution in [2.24, 2.45) is 5.92 Å². The van der Waals surface area contributed by atoms with E-state index in [4.69, 9.17) is 4.74 Å². The molecule has 1 aliphatic carbocycles. The molecule has 2 N–H and O–H groups in total. The molecule has 3 aromatic carbocycles. The number of cyclic esters (lactones) is 1. The van der Waals surface area contributed by atoms with Crippen molar-refractivity contribution in [1.82, 2.24) is 0 Å². The topological polar surface area (TPSA) is 58.6 Å². The van der Waals surface area contributed by atoms with Crippen molar-refractivity contribution in [2.75, 3.05) is 12.4 Å². The van der Waals surface area contributed by atoms with Gasteiger partial charge < -0.3 is 15.2 Å². The summed E-state index contributed by atoms with van der Waals surface area (Å²) in [6, 6.07) is 28.0. The van der Waals surface area contributed by atoms with Crippen LogP contribution in [-0.4, -0.2) is 23.7 Å². The average Bonchev–Trinajstić information content (AvgIpc) is 3.65. The minimum Gasteiger partial charge on any atom is -0.507 e. The van der Waals surface area contributed by atoms with Crippen molar-refractivity contribution in [1.29, 1.82) is 0 Å². The molecular weight excluding hydrogens is 410 g/mol. The first-order chi connectivity index (χ1) is 16.1. The second-order valence-electron chi connectivity index (χ2n) is 9.16. The number of esters is 1. The normalized spacial score (nSPS) is 18.2. The van der Waals surface area contributed by atoms with Crippen molar-refractivity contribution in [3.63, 3.8) is 0 Å². The van der Waals surface area contributed by atoms with Gasteiger partial charge in [-0.1, -0.05) is 72.8 Å². The van der Waals surface area contributed by atoms with Crippen LogP contribution in [0.2, 0.25) is 0 Å². The van der Waals surface area contributed by atoms with Crippen LogP contribution in [0.1, 0.15) is 35.4 Å². The fourth-order valence-corrected chi connectivity index (χ4v) is 5.04. The lowest BCUT2D eigenvalue weighted by Gasteiger charge is -2.29. The Morgan fingerprint density at radius 2 is 1.55 bits per heavy atom. The fourth-order valence-electron chi connectivity index (χ4n) is 5.04. The van der Waals surface area contributed by atoms with E-state index in [-0.39, 0.29) is 11.7 Å². The summed E-state index contributed by atoms with van der Waals surface area (Å²) in [5.74, 6) is -0.136. The first-order valence-electron chi connectivity index (χ1n) is 11.6. The van der Waals surface area contributed by atoms with Gasteiger partial charge in [-0.25, -0.2) is 4.79 Å². The zero-order valence-corrected chi connectivity index (χ0v) is 18.8. The van der Waals surface area contributed by atoms with E-state index >= 15 is 0 Å². The summed E-state index contributed by atoms with van der Waals surface area (Å²) in [6.45, 7) is 0. The van der Waals surface area contributed by atoms with Crippen LogP contribution in [0.25, 0.3) is 0 Å². The number of rotatable bonds is 8. The summed E-state index contributed by atoms with van der Waals surface area (Å²) in [7, 11) is 1.89. The second kappa shape index (κ2) is 8.78. The molecule has 5 rings (SSSR count). The number of aliphatic hydroxyl groups excluding tert-OH is 1. The third-order valence-electron chi connectivity index (χ3n) is 6.80. The average molecular weight is 440 g/mol. The molecule has 1 unspecified atom stereocenters. The number of hydrogen-bond donors (Lipinski definition) is 2. The van der Waals surface area contributed by atoms with Crippen molar-refractivity contribution in [2.45, 2.75) is 37.2 Å². The first-order valence-corrected chi connectivity index (χ1v) is 11.6. The molecule has 1 atom stereocenters. The van der Waals surface area contributed by atoms with Crippen LogP contribution in [0.15, 0.2) is 96.3 Å². The molecule has 0 amide bonds. The lowest BCUT2D eigenvalue weighted by Crippen LogP contribution is -2.37. The minimum absolute atomic E-state index is 0.0898. The molecule has 2 aliphatic rings.